The maximum atomic E-state index is 9.43. The van der Waals surface area contributed by atoms with E-state index in [1.807, 2.05) is 12.1 Å². The third kappa shape index (κ3) is 2.99. The van der Waals surface area contributed by atoms with Crippen LogP contribution in [0.1, 0.15) is 25.5 Å². The van der Waals surface area contributed by atoms with Gasteiger partial charge in [-0.25, -0.2) is 4.98 Å². The lowest BCUT2D eigenvalue weighted by Gasteiger charge is -2.15. The van der Waals surface area contributed by atoms with Crippen LogP contribution in [0.2, 0.25) is 0 Å². The van der Waals surface area contributed by atoms with Crippen molar-refractivity contribution in [2.45, 2.75) is 19.8 Å². The van der Waals surface area contributed by atoms with Gasteiger partial charge in [0.15, 0.2) is 0 Å². The van der Waals surface area contributed by atoms with Crippen molar-refractivity contribution < 1.29 is 5.11 Å². The van der Waals surface area contributed by atoms with Crippen molar-refractivity contribution in [3.8, 4) is 10.6 Å². The molecular weight excluding hydrogens is 310 g/mol. The summed E-state index contributed by atoms with van der Waals surface area (Å²) in [6.45, 7) is 4.37. The van der Waals surface area contributed by atoms with E-state index in [4.69, 9.17) is 0 Å². The summed E-state index contributed by atoms with van der Waals surface area (Å²) in [6, 6.07) is 8.12. The number of hydrogen-bond donors (Lipinski definition) is 1. The molecule has 4 heteroatoms. The zero-order valence-corrected chi connectivity index (χ0v) is 12.8. The standard InChI is InChI=1S/C14H16BrNOS/c1-9(2)12(7-17)13-8-18-14(16-13)10-4-3-5-11(15)6-10/h3-6,8-9,12,17H,7H2,1-2H3. The summed E-state index contributed by atoms with van der Waals surface area (Å²) in [5, 5.41) is 12.5. The van der Waals surface area contributed by atoms with Gasteiger partial charge in [0.2, 0.25) is 0 Å². The molecule has 0 aliphatic carbocycles. The minimum Gasteiger partial charge on any atom is -0.396 e. The van der Waals surface area contributed by atoms with Crippen molar-refractivity contribution in [2.75, 3.05) is 6.61 Å². The molecule has 2 aromatic rings. The van der Waals surface area contributed by atoms with Gasteiger partial charge in [-0.2, -0.15) is 0 Å². The van der Waals surface area contributed by atoms with Crippen molar-refractivity contribution in [3.63, 3.8) is 0 Å². The molecule has 1 heterocycles. The van der Waals surface area contributed by atoms with Gasteiger partial charge in [-0.05, 0) is 18.1 Å². The van der Waals surface area contributed by atoms with Gasteiger partial charge in [0, 0.05) is 21.3 Å². The Morgan fingerprint density at radius 2 is 2.17 bits per heavy atom. The number of hydrogen-bond acceptors (Lipinski definition) is 3. The largest absolute Gasteiger partial charge is 0.396 e. The van der Waals surface area contributed by atoms with E-state index in [-0.39, 0.29) is 12.5 Å². The topological polar surface area (TPSA) is 33.1 Å². The van der Waals surface area contributed by atoms with Crippen LogP contribution >= 0.6 is 27.3 Å². The highest BCUT2D eigenvalue weighted by atomic mass is 79.9. The Morgan fingerprint density at radius 1 is 1.39 bits per heavy atom. The van der Waals surface area contributed by atoms with E-state index in [0.29, 0.717) is 5.92 Å². The second kappa shape index (κ2) is 5.95. The van der Waals surface area contributed by atoms with Crippen molar-refractivity contribution in [2.24, 2.45) is 5.92 Å². The van der Waals surface area contributed by atoms with Gasteiger partial charge in [0.25, 0.3) is 0 Å². The number of halogens is 1. The first-order valence-corrected chi connectivity index (χ1v) is 7.61. The molecule has 1 unspecified atom stereocenters. The molecule has 0 bridgehead atoms. The molecule has 1 atom stereocenters. The van der Waals surface area contributed by atoms with E-state index in [0.717, 1.165) is 20.7 Å². The molecule has 0 amide bonds. The summed E-state index contributed by atoms with van der Waals surface area (Å²) in [5.74, 6) is 0.523. The Kier molecular flexibility index (Phi) is 4.54. The Balaban J connectivity index is 2.30. The summed E-state index contributed by atoms with van der Waals surface area (Å²) in [7, 11) is 0. The Hall–Kier alpha value is -0.710. The zero-order chi connectivity index (χ0) is 13.1. The fourth-order valence-corrected chi connectivity index (χ4v) is 3.14. The van der Waals surface area contributed by atoms with Gasteiger partial charge in [-0.15, -0.1) is 11.3 Å². The van der Waals surface area contributed by atoms with Crippen LogP contribution in [-0.2, 0) is 0 Å². The molecule has 96 valence electrons. The van der Waals surface area contributed by atoms with Crippen LogP contribution in [-0.4, -0.2) is 16.7 Å². The van der Waals surface area contributed by atoms with Crippen LogP contribution in [0.4, 0.5) is 0 Å². The molecule has 0 spiro atoms. The molecule has 0 radical (unpaired) electrons. The molecule has 0 aliphatic rings. The first-order chi connectivity index (χ1) is 8.61. The first kappa shape index (κ1) is 13.7. The Labute approximate surface area is 120 Å². The number of thiazole rings is 1. The van der Waals surface area contributed by atoms with Crippen molar-refractivity contribution >= 4 is 27.3 Å². The van der Waals surface area contributed by atoms with Crippen LogP contribution in [0.5, 0.6) is 0 Å². The maximum absolute atomic E-state index is 9.43. The van der Waals surface area contributed by atoms with Gasteiger partial charge in [0.1, 0.15) is 5.01 Å². The first-order valence-electron chi connectivity index (χ1n) is 5.94. The summed E-state index contributed by atoms with van der Waals surface area (Å²) in [6.07, 6.45) is 0. The zero-order valence-electron chi connectivity index (χ0n) is 10.4. The lowest BCUT2D eigenvalue weighted by Crippen LogP contribution is -2.11. The molecule has 2 rings (SSSR count). The second-order valence-corrected chi connectivity index (χ2v) is 6.39. The fraction of sp³-hybridized carbons (Fsp3) is 0.357. The third-order valence-corrected chi connectivity index (χ3v) is 4.38. The average molecular weight is 326 g/mol. The van der Waals surface area contributed by atoms with Crippen molar-refractivity contribution in [3.05, 3.63) is 39.8 Å². The summed E-state index contributed by atoms with van der Waals surface area (Å²) < 4.78 is 1.05. The molecule has 18 heavy (non-hydrogen) atoms. The fourth-order valence-electron chi connectivity index (χ4n) is 1.86. The van der Waals surface area contributed by atoms with Crippen LogP contribution in [0.25, 0.3) is 10.6 Å². The second-order valence-electron chi connectivity index (χ2n) is 4.62. The monoisotopic (exact) mass is 325 g/mol. The Bertz CT molecular complexity index is 524. The average Bonchev–Trinajstić information content (AvgIpc) is 2.79. The van der Waals surface area contributed by atoms with Crippen molar-refractivity contribution in [1.82, 2.24) is 4.98 Å². The van der Waals surface area contributed by atoms with Crippen LogP contribution in [0.15, 0.2) is 34.1 Å². The summed E-state index contributed by atoms with van der Waals surface area (Å²) in [4.78, 5) is 4.65. The molecule has 0 saturated carbocycles. The number of nitrogens with zero attached hydrogens (tertiary/aromatic N) is 1. The predicted octanol–water partition coefficient (Wildman–Crippen LogP) is 4.30. The maximum Gasteiger partial charge on any atom is 0.123 e. The molecule has 2 nitrogen and oxygen atoms in total. The van der Waals surface area contributed by atoms with E-state index in [1.54, 1.807) is 11.3 Å². The number of benzene rings is 1. The SMILES string of the molecule is CC(C)C(CO)c1csc(-c2cccc(Br)c2)n1. The quantitative estimate of drug-likeness (QED) is 0.908. The minimum atomic E-state index is 0.127. The van der Waals surface area contributed by atoms with Crippen LogP contribution in [0, 0.1) is 5.92 Å². The number of aliphatic hydroxyl groups is 1. The molecule has 1 N–H and O–H groups in total. The Morgan fingerprint density at radius 3 is 2.78 bits per heavy atom. The van der Waals surface area contributed by atoms with Crippen molar-refractivity contribution in [1.29, 1.82) is 0 Å². The van der Waals surface area contributed by atoms with Gasteiger partial charge < -0.3 is 5.11 Å². The van der Waals surface area contributed by atoms with E-state index in [9.17, 15) is 5.11 Å². The van der Waals surface area contributed by atoms with Crippen LogP contribution < -0.4 is 0 Å². The normalized spacial score (nSPS) is 12.9. The summed E-state index contributed by atoms with van der Waals surface area (Å²) in [5.41, 5.74) is 2.11. The van der Waals surface area contributed by atoms with E-state index in [1.165, 1.54) is 0 Å². The molecule has 0 aliphatic heterocycles. The van der Waals surface area contributed by atoms with Gasteiger partial charge in [-0.1, -0.05) is 41.9 Å². The minimum absolute atomic E-state index is 0.127. The molecule has 1 aromatic carbocycles. The molecular formula is C14H16BrNOS. The highest BCUT2D eigenvalue weighted by Crippen LogP contribution is 2.31. The smallest absolute Gasteiger partial charge is 0.123 e. The van der Waals surface area contributed by atoms with E-state index >= 15 is 0 Å². The summed E-state index contributed by atoms with van der Waals surface area (Å²) >= 11 is 5.10. The van der Waals surface area contributed by atoms with Gasteiger partial charge in [0.05, 0.1) is 12.3 Å². The number of rotatable bonds is 4. The highest BCUT2D eigenvalue weighted by molar-refractivity contribution is 9.10. The van der Waals surface area contributed by atoms with Crippen LogP contribution in [0.3, 0.4) is 0 Å². The van der Waals surface area contributed by atoms with E-state index in [2.05, 4.69) is 52.3 Å². The highest BCUT2D eigenvalue weighted by Gasteiger charge is 2.18. The lowest BCUT2D eigenvalue weighted by atomic mass is 9.94. The lowest BCUT2D eigenvalue weighted by molar-refractivity contribution is 0.235. The molecule has 0 fully saturated rings. The third-order valence-electron chi connectivity index (χ3n) is 2.97. The van der Waals surface area contributed by atoms with E-state index < -0.39 is 0 Å². The molecule has 1 aromatic heterocycles. The van der Waals surface area contributed by atoms with Gasteiger partial charge >= 0.3 is 0 Å². The van der Waals surface area contributed by atoms with Gasteiger partial charge in [-0.3, -0.25) is 0 Å². The number of aromatic nitrogens is 1. The number of aliphatic hydroxyl groups excluding tert-OH is 1. The predicted molar refractivity (Wildman–Crippen MR) is 79.9 cm³/mol. The molecule has 0 saturated heterocycles.